The minimum Gasteiger partial charge on any atom is -0.504 e. The SMILES string of the molecule is COc1cc(CN(C)C2CCCCCC2)ccc1O. The largest absolute Gasteiger partial charge is 0.504 e. The van der Waals surface area contributed by atoms with Gasteiger partial charge in [-0.1, -0.05) is 31.7 Å². The normalized spacial score (nSPS) is 17.4. The summed E-state index contributed by atoms with van der Waals surface area (Å²) < 4.78 is 5.16. The van der Waals surface area contributed by atoms with Gasteiger partial charge in [0.2, 0.25) is 0 Å². The van der Waals surface area contributed by atoms with Crippen LogP contribution in [0.15, 0.2) is 18.2 Å². The van der Waals surface area contributed by atoms with E-state index in [1.165, 1.54) is 44.1 Å². The number of benzene rings is 1. The summed E-state index contributed by atoms with van der Waals surface area (Å²) in [6.45, 7) is 0.918. The van der Waals surface area contributed by atoms with Crippen molar-refractivity contribution in [2.75, 3.05) is 14.2 Å². The molecule has 1 aromatic rings. The number of hydrogen-bond acceptors (Lipinski definition) is 3. The first-order valence-corrected chi connectivity index (χ1v) is 7.27. The summed E-state index contributed by atoms with van der Waals surface area (Å²) in [5.74, 6) is 0.773. The van der Waals surface area contributed by atoms with E-state index < -0.39 is 0 Å². The third-order valence-corrected chi connectivity index (χ3v) is 4.12. The lowest BCUT2D eigenvalue weighted by Gasteiger charge is -2.27. The van der Waals surface area contributed by atoms with Gasteiger partial charge in [-0.25, -0.2) is 0 Å². The van der Waals surface area contributed by atoms with Crippen LogP contribution in [0.5, 0.6) is 11.5 Å². The fourth-order valence-corrected chi connectivity index (χ4v) is 2.94. The predicted molar refractivity (Wildman–Crippen MR) is 77.6 cm³/mol. The molecule has 1 fully saturated rings. The monoisotopic (exact) mass is 263 g/mol. The second-order valence-corrected chi connectivity index (χ2v) is 5.57. The van der Waals surface area contributed by atoms with Crippen molar-refractivity contribution in [2.24, 2.45) is 0 Å². The smallest absolute Gasteiger partial charge is 0.160 e. The standard InChI is InChI=1S/C16H25NO2/c1-17(14-7-5-3-4-6-8-14)12-13-9-10-15(18)16(11-13)19-2/h9-11,14,18H,3-8,12H2,1-2H3. The molecule has 1 saturated carbocycles. The molecular weight excluding hydrogens is 238 g/mol. The van der Waals surface area contributed by atoms with Crippen LogP contribution in [0.3, 0.4) is 0 Å². The van der Waals surface area contributed by atoms with E-state index in [9.17, 15) is 5.11 Å². The number of ether oxygens (including phenoxy) is 1. The second kappa shape index (κ2) is 6.80. The van der Waals surface area contributed by atoms with Crippen LogP contribution in [0.1, 0.15) is 44.1 Å². The van der Waals surface area contributed by atoms with Gasteiger partial charge < -0.3 is 9.84 Å². The minimum atomic E-state index is 0.211. The molecule has 0 spiro atoms. The first-order valence-electron chi connectivity index (χ1n) is 7.27. The van der Waals surface area contributed by atoms with E-state index in [4.69, 9.17) is 4.74 Å². The molecule has 0 radical (unpaired) electrons. The summed E-state index contributed by atoms with van der Waals surface area (Å²) in [5.41, 5.74) is 1.20. The Kier molecular flexibility index (Phi) is 5.08. The van der Waals surface area contributed by atoms with E-state index >= 15 is 0 Å². The third kappa shape index (κ3) is 3.87. The van der Waals surface area contributed by atoms with Gasteiger partial charge in [-0.3, -0.25) is 4.90 Å². The topological polar surface area (TPSA) is 32.7 Å². The van der Waals surface area contributed by atoms with Crippen LogP contribution in [0.2, 0.25) is 0 Å². The Morgan fingerprint density at radius 1 is 1.21 bits per heavy atom. The van der Waals surface area contributed by atoms with Gasteiger partial charge in [0, 0.05) is 12.6 Å². The van der Waals surface area contributed by atoms with Gasteiger partial charge in [0.25, 0.3) is 0 Å². The molecule has 3 heteroatoms. The number of methoxy groups -OCH3 is 1. The molecule has 2 rings (SSSR count). The highest BCUT2D eigenvalue weighted by Gasteiger charge is 2.17. The predicted octanol–water partition coefficient (Wildman–Crippen LogP) is 3.56. The van der Waals surface area contributed by atoms with Gasteiger partial charge in [-0.2, -0.15) is 0 Å². The van der Waals surface area contributed by atoms with Crippen molar-refractivity contribution < 1.29 is 9.84 Å². The molecule has 0 heterocycles. The number of nitrogens with zero attached hydrogens (tertiary/aromatic N) is 1. The molecule has 19 heavy (non-hydrogen) atoms. The van der Waals surface area contributed by atoms with Crippen LogP contribution in [0.25, 0.3) is 0 Å². The maximum atomic E-state index is 9.62. The molecule has 0 aliphatic heterocycles. The van der Waals surface area contributed by atoms with Gasteiger partial charge in [0.05, 0.1) is 7.11 Å². The number of phenolic OH excluding ortho intramolecular Hbond substituents is 1. The molecule has 0 amide bonds. The van der Waals surface area contributed by atoms with Gasteiger partial charge in [0.15, 0.2) is 11.5 Å². The summed E-state index contributed by atoms with van der Waals surface area (Å²) in [5, 5.41) is 9.62. The van der Waals surface area contributed by atoms with Gasteiger partial charge in [0.1, 0.15) is 0 Å². The summed E-state index contributed by atoms with van der Waals surface area (Å²) in [4.78, 5) is 2.44. The first-order chi connectivity index (χ1) is 9.20. The summed E-state index contributed by atoms with van der Waals surface area (Å²) >= 11 is 0. The van der Waals surface area contributed by atoms with Gasteiger partial charge >= 0.3 is 0 Å². The Hall–Kier alpha value is -1.22. The van der Waals surface area contributed by atoms with Crippen LogP contribution in [-0.2, 0) is 6.54 Å². The van der Waals surface area contributed by atoms with Crippen molar-refractivity contribution in [3.8, 4) is 11.5 Å². The first kappa shape index (κ1) is 14.2. The Balaban J connectivity index is 1.99. The Morgan fingerprint density at radius 3 is 2.53 bits per heavy atom. The highest BCUT2D eigenvalue weighted by Crippen LogP contribution is 2.28. The number of aromatic hydroxyl groups is 1. The van der Waals surface area contributed by atoms with E-state index in [1.54, 1.807) is 13.2 Å². The molecule has 1 aliphatic rings. The zero-order valence-corrected chi connectivity index (χ0v) is 12.1. The van der Waals surface area contributed by atoms with Crippen LogP contribution in [0.4, 0.5) is 0 Å². The lowest BCUT2D eigenvalue weighted by atomic mass is 10.1. The molecule has 3 nitrogen and oxygen atoms in total. The lowest BCUT2D eigenvalue weighted by molar-refractivity contribution is 0.212. The molecule has 106 valence electrons. The number of phenols is 1. The molecule has 0 atom stereocenters. The average Bonchev–Trinajstić information content (AvgIpc) is 2.70. The molecule has 1 aliphatic carbocycles. The second-order valence-electron chi connectivity index (χ2n) is 5.57. The fraction of sp³-hybridized carbons (Fsp3) is 0.625. The molecule has 0 bridgehead atoms. The zero-order chi connectivity index (χ0) is 13.7. The van der Waals surface area contributed by atoms with E-state index in [-0.39, 0.29) is 5.75 Å². The summed E-state index contributed by atoms with van der Waals surface area (Å²) in [6, 6.07) is 6.32. The summed E-state index contributed by atoms with van der Waals surface area (Å²) in [7, 11) is 3.79. The highest BCUT2D eigenvalue weighted by atomic mass is 16.5. The Morgan fingerprint density at radius 2 is 1.89 bits per heavy atom. The van der Waals surface area contributed by atoms with E-state index in [2.05, 4.69) is 11.9 Å². The molecular formula is C16H25NO2. The van der Waals surface area contributed by atoms with Crippen molar-refractivity contribution in [1.29, 1.82) is 0 Å². The fourth-order valence-electron chi connectivity index (χ4n) is 2.94. The molecule has 1 N–H and O–H groups in total. The van der Waals surface area contributed by atoms with Crippen molar-refractivity contribution >= 4 is 0 Å². The lowest BCUT2D eigenvalue weighted by Crippen LogP contribution is -2.30. The van der Waals surface area contributed by atoms with E-state index in [1.807, 2.05) is 12.1 Å². The van der Waals surface area contributed by atoms with Gasteiger partial charge in [-0.15, -0.1) is 0 Å². The number of rotatable bonds is 4. The molecule has 0 unspecified atom stereocenters. The van der Waals surface area contributed by atoms with Gasteiger partial charge in [-0.05, 0) is 37.6 Å². The average molecular weight is 263 g/mol. The van der Waals surface area contributed by atoms with Crippen LogP contribution in [0, 0.1) is 0 Å². The van der Waals surface area contributed by atoms with Crippen molar-refractivity contribution in [3.63, 3.8) is 0 Å². The van der Waals surface area contributed by atoms with E-state index in [0.29, 0.717) is 11.8 Å². The zero-order valence-electron chi connectivity index (χ0n) is 12.1. The van der Waals surface area contributed by atoms with Crippen LogP contribution < -0.4 is 4.74 Å². The highest BCUT2D eigenvalue weighted by molar-refractivity contribution is 5.41. The molecule has 0 saturated heterocycles. The van der Waals surface area contributed by atoms with Crippen LogP contribution in [-0.4, -0.2) is 30.2 Å². The van der Waals surface area contributed by atoms with Crippen LogP contribution >= 0.6 is 0 Å². The molecule has 1 aromatic carbocycles. The summed E-state index contributed by atoms with van der Waals surface area (Å²) in [6.07, 6.45) is 8.11. The van der Waals surface area contributed by atoms with E-state index in [0.717, 1.165) is 6.54 Å². The molecule has 0 aromatic heterocycles. The maximum absolute atomic E-state index is 9.62. The minimum absolute atomic E-state index is 0.211. The number of hydrogen-bond donors (Lipinski definition) is 1. The Labute approximate surface area is 116 Å². The maximum Gasteiger partial charge on any atom is 0.160 e. The van der Waals surface area contributed by atoms with Crippen molar-refractivity contribution in [2.45, 2.75) is 51.1 Å². The quantitative estimate of drug-likeness (QED) is 0.843. The van der Waals surface area contributed by atoms with Crippen molar-refractivity contribution in [1.82, 2.24) is 4.90 Å². The van der Waals surface area contributed by atoms with Crippen molar-refractivity contribution in [3.05, 3.63) is 23.8 Å². The Bertz CT molecular complexity index is 398. The third-order valence-electron chi connectivity index (χ3n) is 4.12.